The summed E-state index contributed by atoms with van der Waals surface area (Å²) in [4.78, 5) is 20.5. The Morgan fingerprint density at radius 2 is 1.50 bits per heavy atom. The van der Waals surface area contributed by atoms with Gasteiger partial charge in [0, 0.05) is 6.54 Å². The minimum atomic E-state index is -1.04. The molecule has 22 heavy (non-hydrogen) atoms. The summed E-state index contributed by atoms with van der Waals surface area (Å²) in [5.41, 5.74) is 0.993. The van der Waals surface area contributed by atoms with Gasteiger partial charge in [0.05, 0.1) is 13.2 Å². The molecule has 0 aliphatic heterocycles. The van der Waals surface area contributed by atoms with Crippen LogP contribution in [0, 0.1) is 0 Å². The molecule has 0 aromatic heterocycles. The van der Waals surface area contributed by atoms with E-state index in [4.69, 9.17) is 20.4 Å². The molecule has 0 heterocycles. The number of aliphatic hydroxyl groups excluding tert-OH is 2. The molecule has 0 aliphatic rings. The van der Waals surface area contributed by atoms with E-state index in [1.807, 2.05) is 30.3 Å². The Hall–Kier alpha value is -2.00. The molecule has 6 N–H and O–H groups in total. The first-order valence-electron chi connectivity index (χ1n) is 6.58. The third-order valence-corrected chi connectivity index (χ3v) is 2.71. The molecular formula is C14H22N2O6. The molecule has 0 aliphatic carbocycles. The largest absolute Gasteiger partial charge is 0.480 e. The van der Waals surface area contributed by atoms with E-state index < -0.39 is 30.6 Å². The Balaban J connectivity index is 0.000000472. The summed E-state index contributed by atoms with van der Waals surface area (Å²) in [6.07, 6.45) is 0. The van der Waals surface area contributed by atoms with E-state index in [9.17, 15) is 9.59 Å². The van der Waals surface area contributed by atoms with E-state index in [0.717, 1.165) is 5.56 Å². The van der Waals surface area contributed by atoms with Crippen LogP contribution in [0.25, 0.3) is 0 Å². The second-order valence-corrected chi connectivity index (χ2v) is 4.30. The summed E-state index contributed by atoms with van der Waals surface area (Å²) < 4.78 is 0. The van der Waals surface area contributed by atoms with Crippen molar-refractivity contribution >= 4 is 11.9 Å². The van der Waals surface area contributed by atoms with E-state index >= 15 is 0 Å². The fourth-order valence-electron chi connectivity index (χ4n) is 1.36. The number of carbonyl (C=O) groups is 2. The lowest BCUT2D eigenvalue weighted by atomic mass is 10.2. The molecular weight excluding hydrogens is 292 g/mol. The first-order chi connectivity index (χ1) is 10.5. The van der Waals surface area contributed by atoms with Gasteiger partial charge in [0.25, 0.3) is 0 Å². The highest BCUT2D eigenvalue weighted by Gasteiger charge is 2.14. The Morgan fingerprint density at radius 1 is 1.00 bits per heavy atom. The number of rotatable bonds is 8. The molecule has 0 fully saturated rings. The predicted octanol–water partition coefficient (Wildman–Crippen LogP) is -1.13. The molecule has 0 bridgehead atoms. The van der Waals surface area contributed by atoms with Crippen molar-refractivity contribution in [3.05, 3.63) is 35.9 Å². The van der Waals surface area contributed by atoms with Crippen LogP contribution in [-0.2, 0) is 16.1 Å². The molecule has 0 saturated heterocycles. The summed E-state index contributed by atoms with van der Waals surface area (Å²) in [6.45, 7) is -0.327. The summed E-state index contributed by atoms with van der Waals surface area (Å²) in [5.74, 6) is -2.07. The minimum Gasteiger partial charge on any atom is -0.480 e. The summed E-state index contributed by atoms with van der Waals surface area (Å²) >= 11 is 0. The van der Waals surface area contributed by atoms with Gasteiger partial charge < -0.3 is 25.7 Å². The van der Waals surface area contributed by atoms with Crippen molar-refractivity contribution in [1.82, 2.24) is 10.6 Å². The maximum absolute atomic E-state index is 10.5. The number of aliphatic hydroxyl groups is 2. The molecule has 1 rings (SSSR count). The lowest BCUT2D eigenvalue weighted by molar-refractivity contribution is -0.141. The predicted molar refractivity (Wildman–Crippen MR) is 79.4 cm³/mol. The number of aliphatic carboxylic acids is 2. The second kappa shape index (κ2) is 11.6. The van der Waals surface area contributed by atoms with Gasteiger partial charge >= 0.3 is 11.9 Å². The number of hydrogen-bond acceptors (Lipinski definition) is 6. The van der Waals surface area contributed by atoms with E-state index in [0.29, 0.717) is 6.54 Å². The second-order valence-electron chi connectivity index (χ2n) is 4.30. The smallest absolute Gasteiger partial charge is 0.323 e. The molecule has 0 amide bonds. The Morgan fingerprint density at radius 3 is 1.82 bits per heavy atom. The van der Waals surface area contributed by atoms with Crippen LogP contribution >= 0.6 is 0 Å². The summed E-state index contributed by atoms with van der Waals surface area (Å²) in [5, 5.41) is 38.9. The minimum absolute atomic E-state index is 0.369. The number of nitrogens with one attached hydrogen (secondary N) is 2. The van der Waals surface area contributed by atoms with Gasteiger partial charge in [0.1, 0.15) is 12.1 Å². The van der Waals surface area contributed by atoms with Crippen LogP contribution in [0.2, 0.25) is 0 Å². The van der Waals surface area contributed by atoms with Crippen molar-refractivity contribution in [3.8, 4) is 0 Å². The molecule has 1 aromatic carbocycles. The zero-order chi connectivity index (χ0) is 17.0. The Kier molecular flexibility index (Phi) is 10.6. The van der Waals surface area contributed by atoms with Crippen LogP contribution < -0.4 is 10.6 Å². The summed E-state index contributed by atoms with van der Waals surface area (Å²) in [7, 11) is 1.48. The van der Waals surface area contributed by atoms with Crippen molar-refractivity contribution in [2.75, 3.05) is 20.3 Å². The first kappa shape index (κ1) is 20.0. The third kappa shape index (κ3) is 8.32. The number of carboxylic acid groups (broad SMARTS) is 2. The van der Waals surface area contributed by atoms with Crippen molar-refractivity contribution in [3.63, 3.8) is 0 Å². The van der Waals surface area contributed by atoms with Crippen LogP contribution in [0.15, 0.2) is 30.3 Å². The molecule has 0 unspecified atom stereocenters. The average Bonchev–Trinajstić information content (AvgIpc) is 2.50. The number of hydrogen-bond donors (Lipinski definition) is 6. The van der Waals surface area contributed by atoms with Gasteiger partial charge in [-0.25, -0.2) is 0 Å². The average molecular weight is 314 g/mol. The molecule has 0 saturated carbocycles. The van der Waals surface area contributed by atoms with E-state index in [2.05, 4.69) is 10.6 Å². The highest BCUT2D eigenvalue weighted by atomic mass is 16.4. The fourth-order valence-corrected chi connectivity index (χ4v) is 1.36. The number of likely N-dealkylation sites (N-methyl/N-ethyl adjacent to an activating group) is 1. The monoisotopic (exact) mass is 314 g/mol. The van der Waals surface area contributed by atoms with Gasteiger partial charge in [-0.2, -0.15) is 0 Å². The van der Waals surface area contributed by atoms with Gasteiger partial charge in [0.2, 0.25) is 0 Å². The molecule has 124 valence electrons. The Bertz CT molecular complexity index is 436. The highest BCUT2D eigenvalue weighted by molar-refractivity contribution is 5.73. The molecule has 0 radical (unpaired) electrons. The summed E-state index contributed by atoms with van der Waals surface area (Å²) in [6, 6.07) is 7.72. The van der Waals surface area contributed by atoms with Gasteiger partial charge in [-0.05, 0) is 12.6 Å². The normalized spacial score (nSPS) is 12.7. The van der Waals surface area contributed by atoms with E-state index in [1.165, 1.54) is 7.05 Å². The molecule has 0 spiro atoms. The third-order valence-electron chi connectivity index (χ3n) is 2.71. The van der Waals surface area contributed by atoms with Gasteiger partial charge in [0.15, 0.2) is 0 Å². The van der Waals surface area contributed by atoms with E-state index in [1.54, 1.807) is 0 Å². The zero-order valence-electron chi connectivity index (χ0n) is 12.3. The SMILES string of the molecule is CN[C@@H](CO)C(=O)O.O=C(O)[C@H](CO)NCc1ccccc1. The van der Waals surface area contributed by atoms with Crippen LogP contribution in [-0.4, -0.2) is 64.7 Å². The highest BCUT2D eigenvalue weighted by Crippen LogP contribution is 1.98. The maximum atomic E-state index is 10.5. The van der Waals surface area contributed by atoms with Crippen LogP contribution in [0.3, 0.4) is 0 Å². The topological polar surface area (TPSA) is 139 Å². The van der Waals surface area contributed by atoms with Gasteiger partial charge in [-0.15, -0.1) is 0 Å². The van der Waals surface area contributed by atoms with Crippen molar-refractivity contribution in [2.45, 2.75) is 18.6 Å². The molecule has 8 heteroatoms. The number of carboxylic acids is 2. The van der Waals surface area contributed by atoms with Gasteiger partial charge in [-0.1, -0.05) is 30.3 Å². The molecule has 2 atom stereocenters. The van der Waals surface area contributed by atoms with Gasteiger partial charge in [-0.3, -0.25) is 14.9 Å². The standard InChI is InChI=1S/C10H13NO3.C4H9NO3/c12-7-9(10(13)14)11-6-8-4-2-1-3-5-8;1-5-3(2-6)4(7)8/h1-5,9,11-12H,6-7H2,(H,13,14);3,5-6H,2H2,1H3,(H,7,8)/t9-;3-/m00/s1. The lowest BCUT2D eigenvalue weighted by Gasteiger charge is -2.10. The lowest BCUT2D eigenvalue weighted by Crippen LogP contribution is -2.39. The Labute approximate surface area is 128 Å². The molecule has 8 nitrogen and oxygen atoms in total. The molecule has 1 aromatic rings. The van der Waals surface area contributed by atoms with Crippen LogP contribution in [0.4, 0.5) is 0 Å². The van der Waals surface area contributed by atoms with Crippen molar-refractivity contribution in [2.24, 2.45) is 0 Å². The maximum Gasteiger partial charge on any atom is 0.323 e. The van der Waals surface area contributed by atoms with Crippen molar-refractivity contribution < 1.29 is 30.0 Å². The van der Waals surface area contributed by atoms with Crippen molar-refractivity contribution in [1.29, 1.82) is 0 Å². The first-order valence-corrected chi connectivity index (χ1v) is 6.58. The zero-order valence-corrected chi connectivity index (χ0v) is 12.3. The number of benzene rings is 1. The van der Waals surface area contributed by atoms with Crippen LogP contribution in [0.1, 0.15) is 5.56 Å². The fraction of sp³-hybridized carbons (Fsp3) is 0.429. The quantitative estimate of drug-likeness (QED) is 0.354. The van der Waals surface area contributed by atoms with Crippen LogP contribution in [0.5, 0.6) is 0 Å². The van der Waals surface area contributed by atoms with E-state index in [-0.39, 0.29) is 6.61 Å².